The minimum absolute atomic E-state index is 0.0261. The standard InChI is InChI=1S/C32H29F8N5O2S/c1-30(2,29(46)45(17-48)25-8-5-18(15-41)26(27(25)34)32(38,39)40)44(4)19-13-24(33)28(42-16-19)22-7-6-21(14-23(22)31(35,36)37)47-20-9-11-43(3)12-10-20/h5-8,13-14,16-17,20H,9-12H2,1-4H3. The van der Waals surface area contributed by atoms with Crippen LogP contribution in [-0.2, 0) is 17.1 Å². The fourth-order valence-electron chi connectivity index (χ4n) is 5.24. The third kappa shape index (κ3) is 7.36. The number of aromatic nitrogens is 1. The minimum atomic E-state index is -5.27. The molecular weight excluding hydrogens is 670 g/mol. The summed E-state index contributed by atoms with van der Waals surface area (Å²) >= 11 is 4.83. The number of ether oxygens (including phenoxy) is 1. The number of rotatable bonds is 8. The van der Waals surface area contributed by atoms with Gasteiger partial charge in [0.2, 0.25) is 0 Å². The Bertz CT molecular complexity index is 1750. The number of amides is 1. The van der Waals surface area contributed by atoms with E-state index in [0.717, 1.165) is 48.5 Å². The number of alkyl halides is 6. The van der Waals surface area contributed by atoms with Crippen LogP contribution in [-0.4, -0.2) is 60.1 Å². The van der Waals surface area contributed by atoms with E-state index in [1.54, 1.807) is 0 Å². The van der Waals surface area contributed by atoms with Gasteiger partial charge in [-0.1, -0.05) is 12.2 Å². The lowest BCUT2D eigenvalue weighted by molar-refractivity contribution is -0.140. The van der Waals surface area contributed by atoms with Crippen molar-refractivity contribution in [3.8, 4) is 23.1 Å². The molecule has 0 radical (unpaired) electrons. The van der Waals surface area contributed by atoms with E-state index in [1.807, 2.05) is 7.05 Å². The maximum Gasteiger partial charge on any atom is 0.420 e. The molecule has 0 atom stereocenters. The molecule has 48 heavy (non-hydrogen) atoms. The van der Waals surface area contributed by atoms with Gasteiger partial charge in [-0.25, -0.2) is 8.78 Å². The van der Waals surface area contributed by atoms with Gasteiger partial charge < -0.3 is 14.5 Å². The quantitative estimate of drug-likeness (QED) is 0.177. The van der Waals surface area contributed by atoms with Gasteiger partial charge in [0.05, 0.1) is 40.3 Å². The van der Waals surface area contributed by atoms with Crippen LogP contribution in [0.5, 0.6) is 5.75 Å². The lowest BCUT2D eigenvalue weighted by Crippen LogP contribution is -2.55. The normalized spacial score (nSPS) is 14.7. The Balaban J connectivity index is 1.65. The number of hydrogen-bond donors (Lipinski definition) is 0. The molecule has 0 N–H and O–H groups in total. The first-order valence-electron chi connectivity index (χ1n) is 14.4. The Morgan fingerprint density at radius 1 is 1.06 bits per heavy atom. The molecule has 0 spiro atoms. The van der Waals surface area contributed by atoms with Crippen molar-refractivity contribution < 1.29 is 44.7 Å². The average molecular weight is 700 g/mol. The van der Waals surface area contributed by atoms with Crippen molar-refractivity contribution in [2.45, 2.75) is 50.7 Å². The number of likely N-dealkylation sites (tertiary alicyclic amines) is 1. The number of pyridine rings is 1. The molecule has 7 nitrogen and oxygen atoms in total. The molecule has 2 aromatic carbocycles. The van der Waals surface area contributed by atoms with Crippen LogP contribution in [0.1, 0.15) is 43.4 Å². The number of piperidine rings is 1. The molecule has 16 heteroatoms. The highest BCUT2D eigenvalue weighted by Gasteiger charge is 2.42. The smallest absolute Gasteiger partial charge is 0.420 e. The first-order chi connectivity index (χ1) is 22.3. The van der Waals surface area contributed by atoms with Gasteiger partial charge in [-0.3, -0.25) is 14.7 Å². The monoisotopic (exact) mass is 699 g/mol. The van der Waals surface area contributed by atoms with Crippen molar-refractivity contribution >= 4 is 35.0 Å². The molecular formula is C32H29F8N5O2S. The molecule has 1 aliphatic rings. The second-order valence-electron chi connectivity index (χ2n) is 11.7. The summed E-state index contributed by atoms with van der Waals surface area (Å²) in [5.74, 6) is -4.16. The number of nitriles is 1. The molecule has 3 aromatic rings. The number of anilines is 2. The fourth-order valence-corrected chi connectivity index (χ4v) is 5.45. The Hall–Kier alpha value is -4.36. The molecule has 0 unspecified atom stereocenters. The van der Waals surface area contributed by atoms with Crippen molar-refractivity contribution in [1.29, 1.82) is 5.26 Å². The fraction of sp³-hybridized carbons (Fsp3) is 0.375. The Labute approximate surface area is 276 Å². The molecule has 0 aliphatic carbocycles. The number of benzene rings is 2. The molecule has 1 fully saturated rings. The molecule has 1 aromatic heterocycles. The van der Waals surface area contributed by atoms with Gasteiger partial charge >= 0.3 is 12.4 Å². The van der Waals surface area contributed by atoms with E-state index in [4.69, 9.17) is 22.2 Å². The number of halogens is 8. The van der Waals surface area contributed by atoms with E-state index in [2.05, 4.69) is 9.88 Å². The van der Waals surface area contributed by atoms with Crippen molar-refractivity contribution in [2.24, 2.45) is 0 Å². The SMILES string of the molecule is CN1CCC(Oc2ccc(-c3ncc(N(C)C(C)(C)C(=O)N(C=S)c4ccc(C#N)c(C(F)(F)F)c4F)cc3F)c(C(F)(F)F)c2)CC1. The lowest BCUT2D eigenvalue weighted by Gasteiger charge is -2.38. The van der Waals surface area contributed by atoms with E-state index in [-0.39, 0.29) is 17.5 Å². The van der Waals surface area contributed by atoms with Gasteiger partial charge in [0.15, 0.2) is 11.6 Å². The predicted molar refractivity (Wildman–Crippen MR) is 166 cm³/mol. The third-order valence-electron chi connectivity index (χ3n) is 8.21. The van der Waals surface area contributed by atoms with Crippen molar-refractivity contribution in [2.75, 3.05) is 37.0 Å². The number of carbonyl (C=O) groups excluding carboxylic acids is 1. The molecule has 1 saturated heterocycles. The zero-order valence-corrected chi connectivity index (χ0v) is 26.8. The maximum absolute atomic E-state index is 15.5. The van der Waals surface area contributed by atoms with Crippen LogP contribution in [0.15, 0.2) is 42.6 Å². The van der Waals surface area contributed by atoms with Crippen LogP contribution in [0, 0.1) is 23.0 Å². The number of carbonyl (C=O) groups is 1. The average Bonchev–Trinajstić information content (AvgIpc) is 3.01. The van der Waals surface area contributed by atoms with Gasteiger partial charge in [-0.05, 0) is 64.1 Å². The van der Waals surface area contributed by atoms with Crippen LogP contribution in [0.2, 0.25) is 0 Å². The van der Waals surface area contributed by atoms with E-state index in [1.165, 1.54) is 33.0 Å². The van der Waals surface area contributed by atoms with E-state index >= 15 is 8.78 Å². The lowest BCUT2D eigenvalue weighted by atomic mass is 9.98. The van der Waals surface area contributed by atoms with Crippen LogP contribution < -0.4 is 14.5 Å². The molecule has 256 valence electrons. The minimum Gasteiger partial charge on any atom is -0.490 e. The highest BCUT2D eigenvalue weighted by Crippen LogP contribution is 2.41. The number of nitrogens with zero attached hydrogens (tertiary/aromatic N) is 5. The highest BCUT2D eigenvalue weighted by molar-refractivity contribution is 7.79. The first-order valence-corrected chi connectivity index (χ1v) is 14.8. The predicted octanol–water partition coefficient (Wildman–Crippen LogP) is 7.61. The molecule has 1 aliphatic heterocycles. The number of thiocarbonyl (C=S) groups is 1. The molecule has 4 rings (SSSR count). The summed E-state index contributed by atoms with van der Waals surface area (Å²) < 4.78 is 120. The topological polar surface area (TPSA) is 72.7 Å². The Morgan fingerprint density at radius 2 is 1.71 bits per heavy atom. The largest absolute Gasteiger partial charge is 0.490 e. The number of hydrogen-bond acceptors (Lipinski definition) is 7. The third-order valence-corrected chi connectivity index (χ3v) is 8.42. The van der Waals surface area contributed by atoms with Gasteiger partial charge in [0.1, 0.15) is 28.6 Å². The summed E-state index contributed by atoms with van der Waals surface area (Å²) in [4.78, 5) is 21.2. The van der Waals surface area contributed by atoms with Crippen molar-refractivity contribution in [1.82, 2.24) is 9.88 Å². The highest BCUT2D eigenvalue weighted by atomic mass is 32.1. The molecule has 0 bridgehead atoms. The van der Waals surface area contributed by atoms with Gasteiger partial charge in [0.25, 0.3) is 5.91 Å². The summed E-state index contributed by atoms with van der Waals surface area (Å²) in [6.07, 6.45) is -8.17. The summed E-state index contributed by atoms with van der Waals surface area (Å²) in [5.41, 5.74) is -7.39. The van der Waals surface area contributed by atoms with Crippen molar-refractivity contribution in [3.63, 3.8) is 0 Å². The summed E-state index contributed by atoms with van der Waals surface area (Å²) in [6.45, 7) is 4.01. The summed E-state index contributed by atoms with van der Waals surface area (Å²) in [5, 5.41) is 9.05. The van der Waals surface area contributed by atoms with Crippen LogP contribution in [0.25, 0.3) is 11.3 Å². The van der Waals surface area contributed by atoms with Gasteiger partial charge in [0, 0.05) is 31.8 Å². The van der Waals surface area contributed by atoms with E-state index < -0.39 is 69.1 Å². The summed E-state index contributed by atoms with van der Waals surface area (Å²) in [6, 6.07) is 6.74. The van der Waals surface area contributed by atoms with Crippen LogP contribution in [0.3, 0.4) is 0 Å². The maximum atomic E-state index is 15.5. The second kappa shape index (κ2) is 13.6. The van der Waals surface area contributed by atoms with Crippen LogP contribution >= 0.6 is 12.2 Å². The second-order valence-corrected chi connectivity index (χ2v) is 11.9. The van der Waals surface area contributed by atoms with Gasteiger partial charge in [-0.2, -0.15) is 31.6 Å². The Morgan fingerprint density at radius 3 is 2.25 bits per heavy atom. The van der Waals surface area contributed by atoms with E-state index in [9.17, 15) is 31.1 Å². The molecule has 1 amide bonds. The first kappa shape index (κ1) is 36.5. The molecule has 0 saturated carbocycles. The van der Waals surface area contributed by atoms with Gasteiger partial charge in [-0.15, -0.1) is 0 Å². The molecule has 2 heterocycles. The number of likely N-dealkylation sites (N-methyl/N-ethyl adjacent to an activating group) is 1. The Kier molecular flexibility index (Phi) is 10.4. The zero-order valence-electron chi connectivity index (χ0n) is 26.0. The summed E-state index contributed by atoms with van der Waals surface area (Å²) in [7, 11) is 3.22. The van der Waals surface area contributed by atoms with Crippen molar-refractivity contribution in [3.05, 3.63) is 70.9 Å². The van der Waals surface area contributed by atoms with E-state index in [0.29, 0.717) is 29.3 Å². The van der Waals surface area contributed by atoms with Crippen LogP contribution in [0.4, 0.5) is 46.5 Å². The zero-order chi connectivity index (χ0) is 35.8.